The Morgan fingerprint density at radius 3 is 2.44 bits per heavy atom. The Kier molecular flexibility index (Phi) is 5.65. The van der Waals surface area contributed by atoms with Crippen LogP contribution in [0.15, 0.2) is 79.0 Å². The molecule has 3 aromatic carbocycles. The smallest absolute Gasteiger partial charge is 0.138 e. The molecule has 5 heteroatoms. The van der Waals surface area contributed by atoms with Gasteiger partial charge in [-0.1, -0.05) is 30.3 Å². The summed E-state index contributed by atoms with van der Waals surface area (Å²) in [7, 11) is 3.89. The van der Waals surface area contributed by atoms with Gasteiger partial charge in [-0.2, -0.15) is 0 Å². The molecule has 1 N–H and O–H groups in total. The van der Waals surface area contributed by atoms with Crippen molar-refractivity contribution in [3.8, 4) is 16.9 Å². The van der Waals surface area contributed by atoms with Crippen LogP contribution >= 0.6 is 0 Å². The summed E-state index contributed by atoms with van der Waals surface area (Å²) >= 11 is 0. The van der Waals surface area contributed by atoms with E-state index in [4.69, 9.17) is 4.74 Å². The number of nitrogens with zero attached hydrogens (tertiary/aromatic N) is 3. The second-order valence-electron chi connectivity index (χ2n) is 8.26. The van der Waals surface area contributed by atoms with Crippen molar-refractivity contribution in [1.29, 1.82) is 0 Å². The molecule has 1 saturated heterocycles. The molecule has 2 heterocycles. The fraction of sp³-hybridized carbons (Fsp3) is 0.222. The third-order valence-corrected chi connectivity index (χ3v) is 6.18. The molecule has 162 valence electrons. The predicted molar refractivity (Wildman–Crippen MR) is 133 cm³/mol. The normalized spacial score (nSPS) is 14.5. The van der Waals surface area contributed by atoms with Crippen molar-refractivity contribution in [2.45, 2.75) is 0 Å². The van der Waals surface area contributed by atoms with E-state index in [0.29, 0.717) is 0 Å². The Balaban J connectivity index is 1.43. The number of pyridine rings is 1. The number of rotatable bonds is 5. The quantitative estimate of drug-likeness (QED) is 0.464. The van der Waals surface area contributed by atoms with Crippen molar-refractivity contribution < 1.29 is 4.74 Å². The van der Waals surface area contributed by atoms with Gasteiger partial charge < -0.3 is 19.9 Å². The minimum Gasteiger partial charge on any atom is -0.496 e. The highest BCUT2D eigenvalue weighted by atomic mass is 16.5. The molecular weight excluding hydrogens is 396 g/mol. The standard InChI is InChI=1S/C27H28N4O/c1-30-15-17-31(18-16-30)23-11-9-22(10-12-23)29-27-25-19-21(8-7-20(25)13-14-28-27)24-5-3-4-6-26(24)32-2/h3-14,19H,15-18H2,1-2H3,(H,28,29). The highest BCUT2D eigenvalue weighted by Crippen LogP contribution is 2.34. The number of piperazine rings is 1. The molecule has 0 atom stereocenters. The first kappa shape index (κ1) is 20.3. The Morgan fingerprint density at radius 2 is 1.66 bits per heavy atom. The van der Waals surface area contributed by atoms with E-state index in [2.05, 4.69) is 75.7 Å². The lowest BCUT2D eigenvalue weighted by atomic mass is 10.0. The molecule has 1 aliphatic heterocycles. The molecule has 5 rings (SSSR count). The van der Waals surface area contributed by atoms with E-state index in [1.807, 2.05) is 30.5 Å². The zero-order valence-electron chi connectivity index (χ0n) is 18.6. The van der Waals surface area contributed by atoms with Crippen molar-refractivity contribution in [1.82, 2.24) is 9.88 Å². The largest absolute Gasteiger partial charge is 0.496 e. The average molecular weight is 425 g/mol. The average Bonchev–Trinajstić information content (AvgIpc) is 2.85. The third-order valence-electron chi connectivity index (χ3n) is 6.18. The van der Waals surface area contributed by atoms with Gasteiger partial charge in [-0.3, -0.25) is 0 Å². The molecule has 0 bridgehead atoms. The molecule has 1 aliphatic rings. The van der Waals surface area contributed by atoms with Gasteiger partial charge in [0.05, 0.1) is 7.11 Å². The maximum absolute atomic E-state index is 5.57. The molecule has 0 unspecified atom stereocenters. The lowest BCUT2D eigenvalue weighted by Crippen LogP contribution is -2.44. The molecule has 0 radical (unpaired) electrons. The van der Waals surface area contributed by atoms with Crippen LogP contribution in [0, 0.1) is 0 Å². The summed E-state index contributed by atoms with van der Waals surface area (Å²) in [6.07, 6.45) is 1.85. The Morgan fingerprint density at radius 1 is 0.875 bits per heavy atom. The number of fused-ring (bicyclic) bond motifs is 1. The molecule has 0 amide bonds. The van der Waals surface area contributed by atoms with Crippen LogP contribution in [0.1, 0.15) is 0 Å². The van der Waals surface area contributed by atoms with Crippen molar-refractivity contribution in [2.75, 3.05) is 50.6 Å². The molecule has 32 heavy (non-hydrogen) atoms. The maximum Gasteiger partial charge on any atom is 0.138 e. The second-order valence-corrected chi connectivity index (χ2v) is 8.26. The van der Waals surface area contributed by atoms with Gasteiger partial charge in [0.1, 0.15) is 11.6 Å². The number of likely N-dealkylation sites (N-methyl/N-ethyl adjacent to an activating group) is 1. The number of aromatic nitrogens is 1. The molecule has 5 nitrogen and oxygen atoms in total. The van der Waals surface area contributed by atoms with Crippen molar-refractivity contribution in [2.24, 2.45) is 0 Å². The van der Waals surface area contributed by atoms with E-state index in [9.17, 15) is 0 Å². The van der Waals surface area contributed by atoms with Gasteiger partial charge in [0, 0.05) is 54.7 Å². The Labute approximate surface area is 189 Å². The third kappa shape index (κ3) is 4.12. The van der Waals surface area contributed by atoms with Gasteiger partial charge in [0.25, 0.3) is 0 Å². The highest BCUT2D eigenvalue weighted by Gasteiger charge is 2.14. The first-order chi connectivity index (χ1) is 15.7. The fourth-order valence-electron chi connectivity index (χ4n) is 4.28. The molecule has 0 saturated carbocycles. The lowest BCUT2D eigenvalue weighted by Gasteiger charge is -2.34. The summed E-state index contributed by atoms with van der Waals surface area (Å²) in [5.74, 6) is 1.72. The molecule has 1 fully saturated rings. The monoisotopic (exact) mass is 424 g/mol. The highest BCUT2D eigenvalue weighted by molar-refractivity contribution is 5.96. The Bertz CT molecular complexity index is 1210. The summed E-state index contributed by atoms with van der Waals surface area (Å²) in [6.45, 7) is 4.35. The van der Waals surface area contributed by atoms with E-state index >= 15 is 0 Å². The van der Waals surface area contributed by atoms with Crippen LogP contribution in [0.5, 0.6) is 5.75 Å². The topological polar surface area (TPSA) is 40.6 Å². The fourth-order valence-corrected chi connectivity index (χ4v) is 4.28. The predicted octanol–water partition coefficient (Wildman–Crippen LogP) is 5.41. The number of para-hydroxylation sites is 1. The number of benzene rings is 3. The number of ether oxygens (including phenoxy) is 1. The van der Waals surface area contributed by atoms with Crippen LogP contribution < -0.4 is 15.0 Å². The summed E-state index contributed by atoms with van der Waals surface area (Å²) in [5.41, 5.74) is 4.48. The van der Waals surface area contributed by atoms with Crippen LogP contribution in [-0.4, -0.2) is 50.2 Å². The van der Waals surface area contributed by atoms with Gasteiger partial charge in [-0.25, -0.2) is 4.98 Å². The Hall–Kier alpha value is -3.57. The van der Waals surface area contributed by atoms with Crippen LogP contribution in [0.2, 0.25) is 0 Å². The number of methoxy groups -OCH3 is 1. The summed E-state index contributed by atoms with van der Waals surface area (Å²) in [4.78, 5) is 9.46. The SMILES string of the molecule is COc1ccccc1-c1ccc2ccnc(Nc3ccc(N4CCN(C)CC4)cc3)c2c1. The molecule has 0 spiro atoms. The molecule has 1 aromatic heterocycles. The lowest BCUT2D eigenvalue weighted by molar-refractivity contribution is 0.313. The minimum atomic E-state index is 0.853. The van der Waals surface area contributed by atoms with Gasteiger partial charge in [0.15, 0.2) is 0 Å². The van der Waals surface area contributed by atoms with E-state index < -0.39 is 0 Å². The van der Waals surface area contributed by atoms with Crippen molar-refractivity contribution in [3.05, 3.63) is 79.0 Å². The first-order valence-corrected chi connectivity index (χ1v) is 11.0. The van der Waals surface area contributed by atoms with Crippen LogP contribution in [0.25, 0.3) is 21.9 Å². The van der Waals surface area contributed by atoms with Crippen LogP contribution in [0.4, 0.5) is 17.2 Å². The molecule has 0 aliphatic carbocycles. The van der Waals surface area contributed by atoms with E-state index in [1.165, 1.54) is 5.69 Å². The summed E-state index contributed by atoms with van der Waals surface area (Å²) < 4.78 is 5.57. The second kappa shape index (κ2) is 8.89. The summed E-state index contributed by atoms with van der Waals surface area (Å²) in [6, 6.07) is 25.3. The number of hydrogen-bond acceptors (Lipinski definition) is 5. The number of hydrogen-bond donors (Lipinski definition) is 1. The van der Waals surface area contributed by atoms with E-state index in [-0.39, 0.29) is 0 Å². The van der Waals surface area contributed by atoms with Gasteiger partial charge in [0.2, 0.25) is 0 Å². The number of nitrogens with one attached hydrogen (secondary N) is 1. The van der Waals surface area contributed by atoms with Gasteiger partial charge in [-0.05, 0) is 60.5 Å². The zero-order valence-corrected chi connectivity index (χ0v) is 18.6. The molecule has 4 aromatic rings. The summed E-state index contributed by atoms with van der Waals surface area (Å²) in [5, 5.41) is 5.75. The zero-order chi connectivity index (χ0) is 21.9. The van der Waals surface area contributed by atoms with Gasteiger partial charge in [-0.15, -0.1) is 0 Å². The first-order valence-electron chi connectivity index (χ1n) is 11.0. The van der Waals surface area contributed by atoms with Crippen molar-refractivity contribution in [3.63, 3.8) is 0 Å². The van der Waals surface area contributed by atoms with Crippen LogP contribution in [0.3, 0.4) is 0 Å². The van der Waals surface area contributed by atoms with Crippen LogP contribution in [-0.2, 0) is 0 Å². The number of anilines is 3. The van der Waals surface area contributed by atoms with E-state index in [1.54, 1.807) is 7.11 Å². The molecular formula is C27H28N4O. The van der Waals surface area contributed by atoms with Gasteiger partial charge >= 0.3 is 0 Å². The minimum absolute atomic E-state index is 0.853. The van der Waals surface area contributed by atoms with Crippen molar-refractivity contribution >= 4 is 28.0 Å². The maximum atomic E-state index is 5.57. The van der Waals surface area contributed by atoms with E-state index in [0.717, 1.165) is 65.3 Å².